The van der Waals surface area contributed by atoms with Gasteiger partial charge in [-0.2, -0.15) is 0 Å². The molecule has 3 rings (SSSR count). The minimum Gasteiger partial charge on any atom is -0.490 e. The Bertz CT molecular complexity index is 897. The van der Waals surface area contributed by atoms with Crippen molar-refractivity contribution in [3.8, 4) is 23.0 Å². The van der Waals surface area contributed by atoms with E-state index >= 15 is 0 Å². The zero-order valence-corrected chi connectivity index (χ0v) is 17.1. The maximum Gasteiger partial charge on any atom is 0.338 e. The second kappa shape index (κ2) is 10.4. The number of esters is 1. The maximum atomic E-state index is 12.3. The number of carbonyl (C=O) groups excluding carboxylic acids is 2. The standard InChI is InChI=1S/C22H25NO7/c1-3-9-27-17-8-6-16(11-20(17)26-4-2)22(25)28-13-21(24)23-12-15-5-7-18-19(10-15)30-14-29-18/h5-8,10-11H,3-4,9,12-14H2,1-2H3,(H,23,24). The Morgan fingerprint density at radius 3 is 2.63 bits per heavy atom. The van der Waals surface area contributed by atoms with Gasteiger partial charge in [-0.1, -0.05) is 13.0 Å². The Morgan fingerprint density at radius 2 is 1.83 bits per heavy atom. The molecule has 8 nitrogen and oxygen atoms in total. The maximum absolute atomic E-state index is 12.3. The molecule has 0 aliphatic carbocycles. The van der Waals surface area contributed by atoms with Crippen molar-refractivity contribution in [1.29, 1.82) is 0 Å². The minimum atomic E-state index is -0.615. The van der Waals surface area contributed by atoms with Crippen LogP contribution in [0.1, 0.15) is 36.2 Å². The molecule has 160 valence electrons. The molecule has 0 atom stereocenters. The third-order valence-electron chi connectivity index (χ3n) is 4.20. The van der Waals surface area contributed by atoms with Crippen molar-refractivity contribution < 1.29 is 33.3 Å². The van der Waals surface area contributed by atoms with Gasteiger partial charge in [0, 0.05) is 6.54 Å². The highest BCUT2D eigenvalue weighted by molar-refractivity contribution is 5.92. The van der Waals surface area contributed by atoms with Crippen LogP contribution in [0.25, 0.3) is 0 Å². The van der Waals surface area contributed by atoms with E-state index in [0.29, 0.717) is 36.2 Å². The van der Waals surface area contributed by atoms with Gasteiger partial charge in [0.2, 0.25) is 6.79 Å². The molecule has 0 radical (unpaired) electrons. The molecule has 1 aliphatic heterocycles. The van der Waals surface area contributed by atoms with E-state index < -0.39 is 11.9 Å². The average molecular weight is 415 g/mol. The number of hydrogen-bond acceptors (Lipinski definition) is 7. The SMILES string of the molecule is CCCOc1ccc(C(=O)OCC(=O)NCc2ccc3c(c2)OCO3)cc1OCC. The average Bonchev–Trinajstić information content (AvgIpc) is 3.23. The summed E-state index contributed by atoms with van der Waals surface area (Å²) in [5, 5.41) is 2.70. The predicted molar refractivity (Wildman–Crippen MR) is 108 cm³/mol. The highest BCUT2D eigenvalue weighted by atomic mass is 16.7. The van der Waals surface area contributed by atoms with Gasteiger partial charge in [-0.3, -0.25) is 4.79 Å². The highest BCUT2D eigenvalue weighted by Crippen LogP contribution is 2.32. The summed E-state index contributed by atoms with van der Waals surface area (Å²) in [7, 11) is 0. The van der Waals surface area contributed by atoms with Gasteiger partial charge in [0.1, 0.15) is 0 Å². The number of fused-ring (bicyclic) bond motifs is 1. The first-order valence-corrected chi connectivity index (χ1v) is 9.82. The Balaban J connectivity index is 1.50. The summed E-state index contributed by atoms with van der Waals surface area (Å²) in [5.74, 6) is 1.33. The molecule has 0 aromatic heterocycles. The van der Waals surface area contributed by atoms with E-state index in [-0.39, 0.29) is 25.5 Å². The zero-order valence-electron chi connectivity index (χ0n) is 17.1. The molecular formula is C22H25NO7. The lowest BCUT2D eigenvalue weighted by Gasteiger charge is -2.13. The van der Waals surface area contributed by atoms with E-state index in [0.717, 1.165) is 12.0 Å². The summed E-state index contributed by atoms with van der Waals surface area (Å²) >= 11 is 0. The molecule has 8 heteroatoms. The van der Waals surface area contributed by atoms with Gasteiger partial charge in [-0.15, -0.1) is 0 Å². The van der Waals surface area contributed by atoms with Crippen molar-refractivity contribution in [2.75, 3.05) is 26.6 Å². The molecular weight excluding hydrogens is 390 g/mol. The van der Waals surface area contributed by atoms with E-state index in [1.165, 1.54) is 0 Å². The number of nitrogens with one attached hydrogen (secondary N) is 1. The summed E-state index contributed by atoms with van der Waals surface area (Å²) in [4.78, 5) is 24.3. The molecule has 1 N–H and O–H groups in total. The van der Waals surface area contributed by atoms with Crippen LogP contribution < -0.4 is 24.3 Å². The fraction of sp³-hybridized carbons (Fsp3) is 0.364. The fourth-order valence-electron chi connectivity index (χ4n) is 2.75. The number of carbonyl (C=O) groups is 2. The summed E-state index contributed by atoms with van der Waals surface area (Å²) in [6.07, 6.45) is 0.858. The van der Waals surface area contributed by atoms with Gasteiger partial charge in [0.15, 0.2) is 29.6 Å². The molecule has 2 aromatic rings. The molecule has 0 spiro atoms. The Morgan fingerprint density at radius 1 is 1.00 bits per heavy atom. The van der Waals surface area contributed by atoms with E-state index in [9.17, 15) is 9.59 Å². The van der Waals surface area contributed by atoms with Gasteiger partial charge < -0.3 is 29.0 Å². The Hall–Kier alpha value is -3.42. The molecule has 0 bridgehead atoms. The topological polar surface area (TPSA) is 92.3 Å². The minimum absolute atomic E-state index is 0.192. The summed E-state index contributed by atoms with van der Waals surface area (Å²) in [6.45, 7) is 4.92. The third-order valence-corrected chi connectivity index (χ3v) is 4.20. The van der Waals surface area contributed by atoms with E-state index in [4.69, 9.17) is 23.7 Å². The van der Waals surface area contributed by atoms with Crippen molar-refractivity contribution in [2.24, 2.45) is 0 Å². The number of benzene rings is 2. The normalized spacial score (nSPS) is 11.7. The van der Waals surface area contributed by atoms with Crippen LogP contribution in [0.15, 0.2) is 36.4 Å². The summed E-state index contributed by atoms with van der Waals surface area (Å²) in [6, 6.07) is 10.2. The summed E-state index contributed by atoms with van der Waals surface area (Å²) in [5.41, 5.74) is 1.13. The third kappa shape index (κ3) is 5.56. The molecule has 0 saturated carbocycles. The molecule has 30 heavy (non-hydrogen) atoms. The summed E-state index contributed by atoms with van der Waals surface area (Å²) < 4.78 is 26.8. The van der Waals surface area contributed by atoms with Crippen LogP contribution in [0, 0.1) is 0 Å². The first-order valence-electron chi connectivity index (χ1n) is 9.82. The van der Waals surface area contributed by atoms with Crippen molar-refractivity contribution in [3.63, 3.8) is 0 Å². The first-order chi connectivity index (χ1) is 14.6. The van der Waals surface area contributed by atoms with Crippen LogP contribution >= 0.6 is 0 Å². The van der Waals surface area contributed by atoms with E-state index in [1.807, 2.05) is 19.9 Å². The van der Waals surface area contributed by atoms with Crippen molar-refractivity contribution >= 4 is 11.9 Å². The van der Waals surface area contributed by atoms with Crippen molar-refractivity contribution in [3.05, 3.63) is 47.5 Å². The van der Waals surface area contributed by atoms with E-state index in [2.05, 4.69) is 5.32 Å². The van der Waals surface area contributed by atoms with Crippen LogP contribution in [-0.4, -0.2) is 38.5 Å². The molecule has 0 unspecified atom stereocenters. The van der Waals surface area contributed by atoms with Crippen LogP contribution in [0.2, 0.25) is 0 Å². The molecule has 2 aromatic carbocycles. The molecule has 1 amide bonds. The number of hydrogen-bond donors (Lipinski definition) is 1. The van der Waals surface area contributed by atoms with Crippen molar-refractivity contribution in [1.82, 2.24) is 5.32 Å². The number of amides is 1. The fourth-order valence-corrected chi connectivity index (χ4v) is 2.75. The quantitative estimate of drug-likeness (QED) is 0.596. The van der Waals surface area contributed by atoms with Gasteiger partial charge in [-0.25, -0.2) is 4.79 Å². The van der Waals surface area contributed by atoms with Crippen LogP contribution in [-0.2, 0) is 16.1 Å². The second-order valence-electron chi connectivity index (χ2n) is 6.48. The van der Waals surface area contributed by atoms with Crippen LogP contribution in [0.4, 0.5) is 0 Å². The Kier molecular flexibility index (Phi) is 7.37. The van der Waals surface area contributed by atoms with Crippen LogP contribution in [0.3, 0.4) is 0 Å². The van der Waals surface area contributed by atoms with Crippen LogP contribution in [0.5, 0.6) is 23.0 Å². The lowest BCUT2D eigenvalue weighted by Crippen LogP contribution is -2.28. The predicted octanol–water partition coefficient (Wildman–Crippen LogP) is 3.08. The molecule has 1 aliphatic rings. The van der Waals surface area contributed by atoms with E-state index in [1.54, 1.807) is 30.3 Å². The zero-order chi connectivity index (χ0) is 21.3. The lowest BCUT2D eigenvalue weighted by molar-refractivity contribution is -0.124. The molecule has 0 fully saturated rings. The second-order valence-corrected chi connectivity index (χ2v) is 6.48. The molecule has 0 saturated heterocycles. The lowest BCUT2D eigenvalue weighted by atomic mass is 10.2. The smallest absolute Gasteiger partial charge is 0.338 e. The highest BCUT2D eigenvalue weighted by Gasteiger charge is 2.16. The largest absolute Gasteiger partial charge is 0.490 e. The van der Waals surface area contributed by atoms with Gasteiger partial charge in [0.05, 0.1) is 18.8 Å². The Labute approximate surface area is 175 Å². The molecule has 1 heterocycles. The number of rotatable bonds is 10. The first kappa shape index (κ1) is 21.3. The van der Waals surface area contributed by atoms with Crippen molar-refractivity contribution in [2.45, 2.75) is 26.8 Å². The van der Waals surface area contributed by atoms with Gasteiger partial charge in [0.25, 0.3) is 5.91 Å². The monoisotopic (exact) mass is 415 g/mol. The van der Waals surface area contributed by atoms with Gasteiger partial charge in [-0.05, 0) is 49.2 Å². The van der Waals surface area contributed by atoms with Gasteiger partial charge >= 0.3 is 5.97 Å². The number of ether oxygens (including phenoxy) is 5.